The summed E-state index contributed by atoms with van der Waals surface area (Å²) in [7, 11) is 0. The molecule has 2 rings (SSSR count). The molecule has 0 heterocycles. The zero-order valence-corrected chi connectivity index (χ0v) is 14.1. The Morgan fingerprint density at radius 3 is 2.65 bits per heavy atom. The molecule has 0 fully saturated rings. The van der Waals surface area contributed by atoms with Gasteiger partial charge in [-0.05, 0) is 42.4 Å². The second-order valence-corrected chi connectivity index (χ2v) is 5.98. The minimum Gasteiger partial charge on any atom is -0.454 e. The van der Waals surface area contributed by atoms with Crippen LogP contribution in [0, 0.1) is 5.82 Å². The molecular weight excluding hydrogens is 389 g/mol. The molecule has 2 nitrogen and oxygen atoms in total. The Bertz CT molecular complexity index is 604. The lowest BCUT2D eigenvalue weighted by Gasteiger charge is -2.10. The average molecular weight is 403 g/mol. The minimum absolute atomic E-state index is 0.200. The predicted molar refractivity (Wildman–Crippen MR) is 85.7 cm³/mol. The zero-order valence-electron chi connectivity index (χ0n) is 10.9. The van der Waals surface area contributed by atoms with Crippen LogP contribution in [0.3, 0.4) is 0 Å². The molecule has 0 radical (unpaired) electrons. The van der Waals surface area contributed by atoms with Gasteiger partial charge in [-0.1, -0.05) is 44.8 Å². The molecule has 0 bridgehead atoms. The Labute approximate surface area is 134 Å². The second kappa shape index (κ2) is 7.20. The van der Waals surface area contributed by atoms with E-state index in [1.54, 1.807) is 12.1 Å². The van der Waals surface area contributed by atoms with E-state index in [-0.39, 0.29) is 11.6 Å². The summed E-state index contributed by atoms with van der Waals surface area (Å²) >= 11 is 6.80. The first-order chi connectivity index (χ1) is 9.60. The third-order valence-corrected chi connectivity index (χ3v) is 3.94. The third kappa shape index (κ3) is 4.04. The van der Waals surface area contributed by atoms with E-state index in [1.807, 2.05) is 18.2 Å². The van der Waals surface area contributed by atoms with Gasteiger partial charge < -0.3 is 10.1 Å². The van der Waals surface area contributed by atoms with Crippen LogP contribution in [0.5, 0.6) is 11.5 Å². The summed E-state index contributed by atoms with van der Waals surface area (Å²) in [5, 5.41) is 3.25. The van der Waals surface area contributed by atoms with Crippen molar-refractivity contribution >= 4 is 31.9 Å². The Morgan fingerprint density at radius 1 is 1.15 bits per heavy atom. The Morgan fingerprint density at radius 2 is 1.95 bits per heavy atom. The van der Waals surface area contributed by atoms with Gasteiger partial charge in [-0.25, -0.2) is 4.39 Å². The molecule has 5 heteroatoms. The lowest BCUT2D eigenvalue weighted by molar-refractivity contribution is 0.441. The first kappa shape index (κ1) is 15.5. The first-order valence-electron chi connectivity index (χ1n) is 6.22. The van der Waals surface area contributed by atoms with Crippen molar-refractivity contribution in [3.63, 3.8) is 0 Å². The van der Waals surface area contributed by atoms with Crippen molar-refractivity contribution in [2.45, 2.75) is 13.5 Å². The maximum Gasteiger partial charge on any atom is 0.165 e. The molecule has 106 valence electrons. The normalized spacial score (nSPS) is 10.6. The number of hydrogen-bond acceptors (Lipinski definition) is 2. The molecule has 20 heavy (non-hydrogen) atoms. The molecule has 0 spiro atoms. The van der Waals surface area contributed by atoms with E-state index in [0.717, 1.165) is 27.6 Å². The highest BCUT2D eigenvalue weighted by molar-refractivity contribution is 9.10. The number of halogens is 3. The number of rotatable bonds is 5. The third-order valence-electron chi connectivity index (χ3n) is 2.71. The fraction of sp³-hybridized carbons (Fsp3) is 0.200. The van der Waals surface area contributed by atoms with Crippen LogP contribution in [-0.2, 0) is 6.54 Å². The summed E-state index contributed by atoms with van der Waals surface area (Å²) in [5.41, 5.74) is 1.13. The van der Waals surface area contributed by atoms with Crippen molar-refractivity contribution in [1.82, 2.24) is 5.32 Å². The molecule has 0 amide bonds. The van der Waals surface area contributed by atoms with Crippen molar-refractivity contribution in [3.05, 3.63) is 56.7 Å². The molecule has 2 aromatic rings. The average Bonchev–Trinajstić information content (AvgIpc) is 2.42. The van der Waals surface area contributed by atoms with Crippen molar-refractivity contribution in [3.8, 4) is 11.5 Å². The SMILES string of the molecule is CCNCc1ccc(Oc2cc(Br)ccc2F)cc1Br. The second-order valence-electron chi connectivity index (χ2n) is 4.21. The fourth-order valence-corrected chi connectivity index (χ4v) is 2.51. The van der Waals surface area contributed by atoms with Crippen LogP contribution in [0.4, 0.5) is 4.39 Å². The molecule has 0 unspecified atom stereocenters. The van der Waals surface area contributed by atoms with E-state index in [2.05, 4.69) is 44.1 Å². The van der Waals surface area contributed by atoms with E-state index < -0.39 is 0 Å². The number of benzene rings is 2. The smallest absolute Gasteiger partial charge is 0.165 e. The first-order valence-corrected chi connectivity index (χ1v) is 7.81. The molecule has 0 atom stereocenters. The molecule has 0 aromatic heterocycles. The summed E-state index contributed by atoms with van der Waals surface area (Å²) in [4.78, 5) is 0. The number of nitrogens with one attached hydrogen (secondary N) is 1. The summed E-state index contributed by atoms with van der Waals surface area (Å²) < 4.78 is 20.9. The van der Waals surface area contributed by atoms with E-state index >= 15 is 0 Å². The Hall–Kier alpha value is -0.910. The van der Waals surface area contributed by atoms with Gasteiger partial charge in [0.05, 0.1) is 0 Å². The van der Waals surface area contributed by atoms with Crippen LogP contribution in [-0.4, -0.2) is 6.54 Å². The topological polar surface area (TPSA) is 21.3 Å². The van der Waals surface area contributed by atoms with Gasteiger partial charge in [-0.15, -0.1) is 0 Å². The Balaban J connectivity index is 2.17. The van der Waals surface area contributed by atoms with Crippen LogP contribution in [0.25, 0.3) is 0 Å². The lowest BCUT2D eigenvalue weighted by atomic mass is 10.2. The predicted octanol–water partition coefficient (Wildman–Crippen LogP) is 5.25. The van der Waals surface area contributed by atoms with Crippen molar-refractivity contribution < 1.29 is 9.13 Å². The highest BCUT2D eigenvalue weighted by Crippen LogP contribution is 2.30. The molecule has 1 N–H and O–H groups in total. The molecule has 0 saturated carbocycles. The summed E-state index contributed by atoms with van der Waals surface area (Å²) in [6, 6.07) is 10.2. The van der Waals surface area contributed by atoms with Gasteiger partial charge in [0.2, 0.25) is 0 Å². The van der Waals surface area contributed by atoms with Gasteiger partial charge in [-0.2, -0.15) is 0 Å². The van der Waals surface area contributed by atoms with Gasteiger partial charge in [0.1, 0.15) is 5.75 Å². The van der Waals surface area contributed by atoms with Crippen LogP contribution in [0.1, 0.15) is 12.5 Å². The molecule has 0 aliphatic rings. The lowest BCUT2D eigenvalue weighted by Crippen LogP contribution is -2.11. The summed E-state index contributed by atoms with van der Waals surface area (Å²) in [6.07, 6.45) is 0. The van der Waals surface area contributed by atoms with E-state index in [0.29, 0.717) is 5.75 Å². The summed E-state index contributed by atoms with van der Waals surface area (Å²) in [5.74, 6) is 0.404. The maximum atomic E-state index is 13.6. The van der Waals surface area contributed by atoms with E-state index in [1.165, 1.54) is 6.07 Å². The Kier molecular flexibility index (Phi) is 5.57. The molecule has 0 aliphatic heterocycles. The van der Waals surface area contributed by atoms with Crippen LogP contribution in [0.15, 0.2) is 45.3 Å². The van der Waals surface area contributed by atoms with Crippen molar-refractivity contribution in [2.24, 2.45) is 0 Å². The van der Waals surface area contributed by atoms with E-state index in [9.17, 15) is 4.39 Å². The van der Waals surface area contributed by atoms with E-state index in [4.69, 9.17) is 4.74 Å². The van der Waals surface area contributed by atoms with Gasteiger partial charge in [-0.3, -0.25) is 0 Å². The number of hydrogen-bond donors (Lipinski definition) is 1. The van der Waals surface area contributed by atoms with Crippen LogP contribution in [0.2, 0.25) is 0 Å². The molecule has 0 aliphatic carbocycles. The number of ether oxygens (including phenoxy) is 1. The highest BCUT2D eigenvalue weighted by atomic mass is 79.9. The van der Waals surface area contributed by atoms with Gasteiger partial charge >= 0.3 is 0 Å². The van der Waals surface area contributed by atoms with Crippen molar-refractivity contribution in [1.29, 1.82) is 0 Å². The van der Waals surface area contributed by atoms with Crippen molar-refractivity contribution in [2.75, 3.05) is 6.54 Å². The molecule has 0 saturated heterocycles. The van der Waals surface area contributed by atoms with Gasteiger partial charge in [0.15, 0.2) is 11.6 Å². The quantitative estimate of drug-likeness (QED) is 0.737. The zero-order chi connectivity index (χ0) is 14.5. The molecular formula is C15H14Br2FNO. The fourth-order valence-electron chi connectivity index (χ4n) is 1.68. The standard InChI is InChI=1S/C15H14Br2FNO/c1-2-19-9-10-3-5-12(8-13(10)17)20-15-7-11(16)4-6-14(15)18/h3-8,19H,2,9H2,1H3. The maximum absolute atomic E-state index is 13.6. The largest absolute Gasteiger partial charge is 0.454 e. The highest BCUT2D eigenvalue weighted by Gasteiger charge is 2.07. The summed E-state index contributed by atoms with van der Waals surface area (Å²) in [6.45, 7) is 3.75. The van der Waals surface area contributed by atoms with Crippen LogP contribution >= 0.6 is 31.9 Å². The molecule has 2 aromatic carbocycles. The minimum atomic E-state index is -0.388. The monoisotopic (exact) mass is 401 g/mol. The van der Waals surface area contributed by atoms with Crippen LogP contribution < -0.4 is 10.1 Å². The van der Waals surface area contributed by atoms with Gasteiger partial charge in [0.25, 0.3) is 0 Å². The van der Waals surface area contributed by atoms with Gasteiger partial charge in [0, 0.05) is 15.5 Å².